The van der Waals surface area contributed by atoms with Crippen LogP contribution in [0.3, 0.4) is 0 Å². The van der Waals surface area contributed by atoms with Crippen LogP contribution in [0.1, 0.15) is 128 Å². The average molecular weight is 771 g/mol. The van der Waals surface area contributed by atoms with Crippen molar-refractivity contribution in [2.75, 3.05) is 63.0 Å². The molecule has 0 unspecified atom stereocenters. The van der Waals surface area contributed by atoms with Gasteiger partial charge in [0.2, 0.25) is 11.8 Å². The summed E-state index contributed by atoms with van der Waals surface area (Å²) in [5.41, 5.74) is 4.29. The summed E-state index contributed by atoms with van der Waals surface area (Å²) in [5.74, 6) is 1.89. The SMILES string of the molecule is CCCCc1ccc(NC(=O)N2CCCN(C(=O)CC3CCCCC3)CC2)cc1.CCCCc1ccc(NC(=O)N2CCCN(C(=O)CCC3CC3)CC2)cc1. The number of hydrogen-bond donors (Lipinski definition) is 2. The van der Waals surface area contributed by atoms with Crippen LogP contribution in [-0.2, 0) is 22.4 Å². The number of anilines is 2. The molecule has 2 aliphatic heterocycles. The summed E-state index contributed by atoms with van der Waals surface area (Å²) >= 11 is 0. The fourth-order valence-electron chi connectivity index (χ4n) is 8.08. The number of rotatable bonds is 13. The van der Waals surface area contributed by atoms with Gasteiger partial charge in [-0.05, 0) is 105 Å². The van der Waals surface area contributed by atoms with Crippen molar-refractivity contribution in [1.29, 1.82) is 0 Å². The van der Waals surface area contributed by atoms with E-state index in [0.29, 0.717) is 58.0 Å². The van der Waals surface area contributed by atoms with Crippen molar-refractivity contribution in [1.82, 2.24) is 19.6 Å². The minimum atomic E-state index is -0.0661. The molecule has 0 radical (unpaired) electrons. The van der Waals surface area contributed by atoms with Crippen molar-refractivity contribution in [2.45, 2.75) is 129 Å². The highest BCUT2D eigenvalue weighted by molar-refractivity contribution is 5.90. The summed E-state index contributed by atoms with van der Waals surface area (Å²) in [6.07, 6.45) is 19.9. The van der Waals surface area contributed by atoms with Gasteiger partial charge in [0, 0.05) is 76.6 Å². The number of unbranched alkanes of at least 4 members (excludes halogenated alkanes) is 2. The van der Waals surface area contributed by atoms with E-state index in [1.807, 2.05) is 43.9 Å². The summed E-state index contributed by atoms with van der Waals surface area (Å²) in [6.45, 7) is 9.83. The highest BCUT2D eigenvalue weighted by Crippen LogP contribution is 2.33. The first-order valence-electron chi connectivity index (χ1n) is 22.2. The van der Waals surface area contributed by atoms with Gasteiger partial charge in [-0.25, -0.2) is 9.59 Å². The van der Waals surface area contributed by atoms with Crippen LogP contribution in [0, 0.1) is 11.8 Å². The van der Waals surface area contributed by atoms with Crippen molar-refractivity contribution in [2.24, 2.45) is 11.8 Å². The summed E-state index contributed by atoms with van der Waals surface area (Å²) in [4.78, 5) is 57.9. The molecular formula is C46H70N6O4. The molecule has 2 aromatic rings. The quantitative estimate of drug-likeness (QED) is 0.212. The minimum absolute atomic E-state index is 0.0621. The molecule has 10 nitrogen and oxygen atoms in total. The normalized spacial score (nSPS) is 18.0. The van der Waals surface area contributed by atoms with Crippen LogP contribution in [0.5, 0.6) is 0 Å². The van der Waals surface area contributed by atoms with Crippen LogP contribution < -0.4 is 10.6 Å². The molecule has 4 aliphatic rings. The molecule has 56 heavy (non-hydrogen) atoms. The number of carbonyl (C=O) groups excluding carboxylic acids is 4. The molecule has 2 saturated heterocycles. The van der Waals surface area contributed by atoms with E-state index in [0.717, 1.165) is 62.5 Å². The number of nitrogens with zero attached hydrogens (tertiary/aromatic N) is 4. The smallest absolute Gasteiger partial charge is 0.321 e. The first-order chi connectivity index (χ1) is 27.3. The van der Waals surface area contributed by atoms with E-state index in [-0.39, 0.29) is 23.9 Å². The Hall–Kier alpha value is -4.08. The molecule has 308 valence electrons. The topological polar surface area (TPSA) is 105 Å². The number of benzene rings is 2. The van der Waals surface area contributed by atoms with E-state index in [1.165, 1.54) is 81.8 Å². The molecule has 0 spiro atoms. The molecule has 6 rings (SSSR count). The van der Waals surface area contributed by atoms with E-state index in [2.05, 4.69) is 48.7 Å². The standard InChI is InChI=1S/C24H37N3O2.C22H33N3O2/c1-2-3-8-20-11-13-22(14-12-20)25-24(29)27-16-7-15-26(17-18-27)23(28)19-21-9-5-4-6-10-21;1-2-3-5-18-8-11-20(12-9-18)23-22(27)25-15-4-14-24(16-17-25)21(26)13-10-19-6-7-19/h11-14,21H,2-10,15-19H2,1H3,(H,25,29);8-9,11-12,19H,2-7,10,13-17H2,1H3,(H,23,27). The van der Waals surface area contributed by atoms with E-state index < -0.39 is 0 Å². The van der Waals surface area contributed by atoms with Crippen LogP contribution in [0.4, 0.5) is 21.0 Å². The zero-order valence-electron chi connectivity index (χ0n) is 34.6. The van der Waals surface area contributed by atoms with E-state index >= 15 is 0 Å². The third kappa shape index (κ3) is 14.8. The Bertz CT molecular complexity index is 1500. The number of urea groups is 2. The Balaban J connectivity index is 0.000000215. The molecule has 10 heteroatoms. The molecule has 0 aromatic heterocycles. The van der Waals surface area contributed by atoms with Gasteiger partial charge >= 0.3 is 12.1 Å². The average Bonchev–Trinajstić information content (AvgIpc) is 4.09. The van der Waals surface area contributed by atoms with Gasteiger partial charge in [-0.2, -0.15) is 0 Å². The lowest BCUT2D eigenvalue weighted by Gasteiger charge is -2.26. The Morgan fingerprint density at radius 2 is 0.964 bits per heavy atom. The van der Waals surface area contributed by atoms with Crippen LogP contribution in [0.25, 0.3) is 0 Å². The molecule has 2 aliphatic carbocycles. The second kappa shape index (κ2) is 23.2. The van der Waals surface area contributed by atoms with Crippen LogP contribution >= 0.6 is 0 Å². The summed E-state index contributed by atoms with van der Waals surface area (Å²) < 4.78 is 0. The minimum Gasteiger partial charge on any atom is -0.341 e. The molecule has 2 aromatic carbocycles. The van der Waals surface area contributed by atoms with Crippen LogP contribution in [0.15, 0.2) is 48.5 Å². The van der Waals surface area contributed by atoms with Gasteiger partial charge in [0.25, 0.3) is 0 Å². The highest BCUT2D eigenvalue weighted by atomic mass is 16.2. The lowest BCUT2D eigenvalue weighted by molar-refractivity contribution is -0.132. The fourth-order valence-corrected chi connectivity index (χ4v) is 8.08. The Labute approximate surface area is 337 Å². The molecular weight excluding hydrogens is 701 g/mol. The predicted octanol–water partition coefficient (Wildman–Crippen LogP) is 9.35. The number of amides is 6. The van der Waals surface area contributed by atoms with Crippen LogP contribution in [0.2, 0.25) is 0 Å². The number of hydrogen-bond acceptors (Lipinski definition) is 4. The van der Waals surface area contributed by atoms with Gasteiger partial charge in [-0.1, -0.05) is 83.1 Å². The van der Waals surface area contributed by atoms with Gasteiger partial charge in [0.15, 0.2) is 0 Å². The van der Waals surface area contributed by atoms with Gasteiger partial charge in [-0.3, -0.25) is 9.59 Å². The molecule has 2 N–H and O–H groups in total. The molecule has 2 heterocycles. The third-order valence-electron chi connectivity index (χ3n) is 12.0. The maximum atomic E-state index is 12.7. The third-order valence-corrected chi connectivity index (χ3v) is 12.0. The van der Waals surface area contributed by atoms with E-state index in [1.54, 1.807) is 0 Å². The molecule has 2 saturated carbocycles. The Morgan fingerprint density at radius 3 is 1.43 bits per heavy atom. The van der Waals surface area contributed by atoms with Gasteiger partial charge < -0.3 is 30.2 Å². The van der Waals surface area contributed by atoms with Gasteiger partial charge in [0.05, 0.1) is 0 Å². The lowest BCUT2D eigenvalue weighted by Crippen LogP contribution is -2.39. The van der Waals surface area contributed by atoms with E-state index in [9.17, 15) is 19.2 Å². The van der Waals surface area contributed by atoms with Crippen molar-refractivity contribution >= 4 is 35.3 Å². The van der Waals surface area contributed by atoms with Gasteiger partial charge in [0.1, 0.15) is 0 Å². The Morgan fingerprint density at radius 1 is 0.518 bits per heavy atom. The number of aryl methyl sites for hydroxylation is 2. The number of nitrogens with one attached hydrogen (secondary N) is 2. The maximum Gasteiger partial charge on any atom is 0.321 e. The van der Waals surface area contributed by atoms with E-state index in [4.69, 9.17) is 0 Å². The van der Waals surface area contributed by atoms with Gasteiger partial charge in [-0.15, -0.1) is 0 Å². The summed E-state index contributed by atoms with van der Waals surface area (Å²) in [5, 5.41) is 6.01. The molecule has 0 bridgehead atoms. The molecule has 6 amide bonds. The summed E-state index contributed by atoms with van der Waals surface area (Å²) in [6, 6.07) is 16.2. The van der Waals surface area contributed by atoms with Crippen molar-refractivity contribution in [3.05, 3.63) is 59.7 Å². The van der Waals surface area contributed by atoms with Crippen LogP contribution in [-0.4, -0.2) is 95.8 Å². The monoisotopic (exact) mass is 771 g/mol. The zero-order valence-corrected chi connectivity index (χ0v) is 34.6. The largest absolute Gasteiger partial charge is 0.341 e. The zero-order chi connectivity index (χ0) is 39.5. The maximum absolute atomic E-state index is 12.7. The second-order valence-electron chi connectivity index (χ2n) is 16.6. The first-order valence-corrected chi connectivity index (χ1v) is 22.2. The fraction of sp³-hybridized carbons (Fsp3) is 0.652. The first kappa shape index (κ1) is 43.1. The van der Waals surface area contributed by atoms with Crippen molar-refractivity contribution in [3.63, 3.8) is 0 Å². The second-order valence-corrected chi connectivity index (χ2v) is 16.6. The molecule has 4 fully saturated rings. The Kier molecular flexibility index (Phi) is 17.9. The lowest BCUT2D eigenvalue weighted by atomic mass is 9.86. The summed E-state index contributed by atoms with van der Waals surface area (Å²) in [7, 11) is 0. The highest BCUT2D eigenvalue weighted by Gasteiger charge is 2.27. The number of carbonyl (C=O) groups is 4. The van der Waals surface area contributed by atoms with Crippen molar-refractivity contribution < 1.29 is 19.2 Å². The molecule has 0 atom stereocenters. The predicted molar refractivity (Wildman–Crippen MR) is 227 cm³/mol. The van der Waals surface area contributed by atoms with Crippen molar-refractivity contribution in [3.8, 4) is 0 Å².